The third kappa shape index (κ3) is 2.84. The molecule has 0 radical (unpaired) electrons. The lowest BCUT2D eigenvalue weighted by molar-refractivity contribution is -0.129. The van der Waals surface area contributed by atoms with Crippen LogP contribution in [0.4, 0.5) is 13.2 Å². The van der Waals surface area contributed by atoms with Crippen molar-refractivity contribution in [2.75, 3.05) is 7.05 Å². The van der Waals surface area contributed by atoms with Crippen molar-refractivity contribution in [2.24, 2.45) is 10.7 Å². The smallest absolute Gasteiger partial charge is 0.266 e. The van der Waals surface area contributed by atoms with E-state index in [4.69, 9.17) is 10.2 Å². The molecule has 1 unspecified atom stereocenters. The topological polar surface area (TPSA) is 97.6 Å². The number of halogens is 3. The summed E-state index contributed by atoms with van der Waals surface area (Å²) < 4.78 is 45.8. The number of benzene rings is 1. The molecule has 0 spiro atoms. The first-order valence-electron chi connectivity index (χ1n) is 8.40. The molecule has 1 aliphatic rings. The van der Waals surface area contributed by atoms with Crippen molar-refractivity contribution in [1.29, 1.82) is 0 Å². The Balaban J connectivity index is 1.98. The fourth-order valence-electron chi connectivity index (χ4n) is 3.25. The Labute approximate surface area is 162 Å². The Morgan fingerprint density at radius 1 is 1.21 bits per heavy atom. The van der Waals surface area contributed by atoms with Gasteiger partial charge in [0.2, 0.25) is 0 Å². The minimum absolute atomic E-state index is 0.0599. The second-order valence-electron chi connectivity index (χ2n) is 6.42. The molecule has 10 heteroatoms. The number of nitrogens with zero attached hydrogens (tertiary/aromatic N) is 4. The van der Waals surface area contributed by atoms with Crippen LogP contribution in [-0.2, 0) is 10.3 Å². The molecule has 3 aromatic rings. The third-order valence-corrected chi connectivity index (χ3v) is 4.76. The largest absolute Gasteiger partial charge is 0.451 e. The molecule has 0 saturated heterocycles. The third-order valence-electron chi connectivity index (χ3n) is 4.76. The van der Waals surface area contributed by atoms with Crippen LogP contribution in [0.25, 0.3) is 11.3 Å². The summed E-state index contributed by atoms with van der Waals surface area (Å²) in [6.45, 7) is 0. The van der Waals surface area contributed by atoms with Crippen LogP contribution in [0.3, 0.4) is 0 Å². The number of aromatic nitrogens is 2. The SMILES string of the molecule is CN1C(=O)C(c2cncc(C(F)F)c2)(c2ccc(F)c(-c3cocn3)c2)N=C1N. The first kappa shape index (κ1) is 18.7. The summed E-state index contributed by atoms with van der Waals surface area (Å²) in [6.07, 6.45) is 1.85. The molecule has 0 fully saturated rings. The number of hydrogen-bond donors (Lipinski definition) is 1. The van der Waals surface area contributed by atoms with Crippen LogP contribution in [0.1, 0.15) is 23.1 Å². The van der Waals surface area contributed by atoms with Gasteiger partial charge in [-0.15, -0.1) is 0 Å². The van der Waals surface area contributed by atoms with Crippen LogP contribution >= 0.6 is 0 Å². The molecule has 4 rings (SSSR count). The van der Waals surface area contributed by atoms with Crippen LogP contribution in [0.2, 0.25) is 0 Å². The van der Waals surface area contributed by atoms with Crippen molar-refractivity contribution >= 4 is 11.9 Å². The molecular formula is C19H14F3N5O2. The predicted molar refractivity (Wildman–Crippen MR) is 96.3 cm³/mol. The van der Waals surface area contributed by atoms with E-state index >= 15 is 0 Å². The lowest BCUT2D eigenvalue weighted by atomic mass is 9.82. The summed E-state index contributed by atoms with van der Waals surface area (Å²) in [5.41, 5.74) is 4.27. The molecule has 1 aliphatic heterocycles. The summed E-state index contributed by atoms with van der Waals surface area (Å²) in [6, 6.07) is 5.01. The number of rotatable bonds is 4. The molecule has 1 aromatic carbocycles. The monoisotopic (exact) mass is 401 g/mol. The fraction of sp³-hybridized carbons (Fsp3) is 0.158. The van der Waals surface area contributed by atoms with Crippen molar-refractivity contribution < 1.29 is 22.4 Å². The summed E-state index contributed by atoms with van der Waals surface area (Å²) in [7, 11) is 1.41. The maximum absolute atomic E-state index is 14.4. The zero-order chi connectivity index (χ0) is 20.8. The van der Waals surface area contributed by atoms with Gasteiger partial charge in [0, 0.05) is 36.1 Å². The molecule has 2 aromatic heterocycles. The molecular weight excluding hydrogens is 387 g/mol. The molecule has 7 nitrogen and oxygen atoms in total. The van der Waals surface area contributed by atoms with E-state index in [2.05, 4.69) is 15.0 Å². The van der Waals surface area contributed by atoms with Gasteiger partial charge in [0.1, 0.15) is 17.8 Å². The first-order chi connectivity index (χ1) is 13.8. The minimum Gasteiger partial charge on any atom is -0.451 e. The number of amides is 1. The molecule has 148 valence electrons. The van der Waals surface area contributed by atoms with Gasteiger partial charge >= 0.3 is 0 Å². The number of likely N-dealkylation sites (N-methyl/N-ethyl adjacent to an activating group) is 1. The van der Waals surface area contributed by atoms with Crippen LogP contribution in [0.5, 0.6) is 0 Å². The molecule has 29 heavy (non-hydrogen) atoms. The number of guanidine groups is 1. The van der Waals surface area contributed by atoms with E-state index in [0.717, 1.165) is 29.6 Å². The highest BCUT2D eigenvalue weighted by Crippen LogP contribution is 2.41. The van der Waals surface area contributed by atoms with Gasteiger partial charge < -0.3 is 10.2 Å². The van der Waals surface area contributed by atoms with E-state index in [1.807, 2.05) is 0 Å². The Bertz CT molecular complexity index is 1120. The van der Waals surface area contributed by atoms with Gasteiger partial charge in [-0.25, -0.2) is 23.1 Å². The molecule has 2 N–H and O–H groups in total. The van der Waals surface area contributed by atoms with Crippen LogP contribution in [-0.4, -0.2) is 33.8 Å². The minimum atomic E-state index is -2.80. The first-order valence-corrected chi connectivity index (χ1v) is 8.40. The summed E-state index contributed by atoms with van der Waals surface area (Å²) >= 11 is 0. The Morgan fingerprint density at radius 2 is 2.00 bits per heavy atom. The van der Waals surface area contributed by atoms with Crippen LogP contribution < -0.4 is 5.73 Å². The van der Waals surface area contributed by atoms with Crippen molar-refractivity contribution in [3.8, 4) is 11.3 Å². The molecule has 1 amide bonds. The summed E-state index contributed by atoms with van der Waals surface area (Å²) in [4.78, 5) is 26.3. The number of oxazole rings is 1. The van der Waals surface area contributed by atoms with Crippen molar-refractivity contribution in [3.63, 3.8) is 0 Å². The number of carbonyl (C=O) groups excluding carboxylic acids is 1. The van der Waals surface area contributed by atoms with Crippen LogP contribution in [0.15, 0.2) is 58.7 Å². The number of pyridine rings is 1. The number of nitrogens with two attached hydrogens (primary N) is 1. The zero-order valence-electron chi connectivity index (χ0n) is 15.0. The van der Waals surface area contributed by atoms with Gasteiger partial charge in [-0.1, -0.05) is 6.07 Å². The van der Waals surface area contributed by atoms with E-state index < -0.39 is 23.7 Å². The van der Waals surface area contributed by atoms with E-state index in [1.54, 1.807) is 0 Å². The van der Waals surface area contributed by atoms with Gasteiger partial charge in [0.05, 0.1) is 0 Å². The summed E-state index contributed by atoms with van der Waals surface area (Å²) in [5.74, 6) is -1.29. The van der Waals surface area contributed by atoms with E-state index in [0.29, 0.717) is 0 Å². The fourth-order valence-corrected chi connectivity index (χ4v) is 3.25. The summed E-state index contributed by atoms with van der Waals surface area (Å²) in [5, 5.41) is 0. The highest BCUT2D eigenvalue weighted by Gasteiger charge is 2.50. The molecule has 1 atom stereocenters. The molecule has 3 heterocycles. The van der Waals surface area contributed by atoms with Gasteiger partial charge in [0.15, 0.2) is 17.9 Å². The molecule has 0 aliphatic carbocycles. The standard InChI is InChI=1S/C19H14F3N5O2/c1-27-17(28)19(26-18(27)23,12-4-10(16(21)22)6-24-7-12)11-2-3-14(20)13(5-11)15-8-29-9-25-15/h2-9,16H,1H3,(H2,23,26). The normalized spacial score (nSPS) is 19.1. The quantitative estimate of drug-likeness (QED) is 0.725. The predicted octanol–water partition coefficient (Wildman–Crippen LogP) is 2.84. The van der Waals surface area contributed by atoms with Crippen molar-refractivity contribution in [2.45, 2.75) is 12.0 Å². The second kappa shape index (κ2) is 6.73. The van der Waals surface area contributed by atoms with Gasteiger partial charge in [-0.2, -0.15) is 0 Å². The van der Waals surface area contributed by atoms with E-state index in [9.17, 15) is 18.0 Å². The van der Waals surface area contributed by atoms with E-state index in [-0.39, 0.29) is 33.9 Å². The Morgan fingerprint density at radius 3 is 2.62 bits per heavy atom. The van der Waals surface area contributed by atoms with Crippen molar-refractivity contribution in [1.82, 2.24) is 14.9 Å². The van der Waals surface area contributed by atoms with E-state index in [1.165, 1.54) is 31.6 Å². The number of hydrogen-bond acceptors (Lipinski definition) is 6. The number of alkyl halides is 2. The Kier molecular flexibility index (Phi) is 4.33. The average molecular weight is 401 g/mol. The highest BCUT2D eigenvalue weighted by atomic mass is 19.3. The second-order valence-corrected chi connectivity index (χ2v) is 6.42. The highest BCUT2D eigenvalue weighted by molar-refractivity contribution is 6.09. The van der Waals surface area contributed by atoms with Crippen LogP contribution in [0, 0.1) is 5.82 Å². The van der Waals surface area contributed by atoms with Gasteiger partial charge in [-0.05, 0) is 23.8 Å². The van der Waals surface area contributed by atoms with Gasteiger partial charge in [-0.3, -0.25) is 14.7 Å². The molecule has 0 bridgehead atoms. The number of aliphatic imine (C=N–C) groups is 1. The maximum atomic E-state index is 14.4. The molecule has 0 saturated carbocycles. The lowest BCUT2D eigenvalue weighted by Gasteiger charge is -2.26. The van der Waals surface area contributed by atoms with Gasteiger partial charge in [0.25, 0.3) is 12.3 Å². The zero-order valence-corrected chi connectivity index (χ0v) is 15.0. The maximum Gasteiger partial charge on any atom is 0.266 e. The van der Waals surface area contributed by atoms with Crippen molar-refractivity contribution in [3.05, 3.63) is 71.8 Å². The number of carbonyl (C=O) groups is 1. The lowest BCUT2D eigenvalue weighted by Crippen LogP contribution is -2.41. The average Bonchev–Trinajstić information content (AvgIpc) is 3.32. The Hall–Kier alpha value is -3.69.